The molecule has 19 heavy (non-hydrogen) atoms. The Hall–Kier alpha value is -2.07. The standard InChI is InChI=1S/C15H18N2O2/c1-11(2)17-9-5-8-14(17)15(19)16-13-7-4-3-6-12(13)10-18/h3-9,11,18H,10H2,1-2H3,(H,16,19). The van der Waals surface area contributed by atoms with Gasteiger partial charge in [0.2, 0.25) is 0 Å². The zero-order chi connectivity index (χ0) is 13.8. The predicted octanol–water partition coefficient (Wildman–Crippen LogP) is 2.81. The molecule has 1 heterocycles. The lowest BCUT2D eigenvalue weighted by Gasteiger charge is -2.14. The minimum Gasteiger partial charge on any atom is -0.392 e. The zero-order valence-corrected chi connectivity index (χ0v) is 11.1. The fraction of sp³-hybridized carbons (Fsp3) is 0.267. The molecule has 0 atom stereocenters. The van der Waals surface area contributed by atoms with Crippen molar-refractivity contribution < 1.29 is 9.90 Å². The fourth-order valence-corrected chi connectivity index (χ4v) is 2.00. The Morgan fingerprint density at radius 2 is 2.00 bits per heavy atom. The van der Waals surface area contributed by atoms with E-state index in [1.54, 1.807) is 18.2 Å². The van der Waals surface area contributed by atoms with Gasteiger partial charge in [0, 0.05) is 23.5 Å². The first kappa shape index (κ1) is 13.4. The molecule has 0 saturated carbocycles. The summed E-state index contributed by atoms with van der Waals surface area (Å²) in [5, 5.41) is 12.1. The minimum atomic E-state index is -0.167. The van der Waals surface area contributed by atoms with Crippen molar-refractivity contribution in [3.8, 4) is 0 Å². The first-order valence-electron chi connectivity index (χ1n) is 6.30. The van der Waals surface area contributed by atoms with Gasteiger partial charge in [-0.2, -0.15) is 0 Å². The maximum absolute atomic E-state index is 12.3. The summed E-state index contributed by atoms with van der Waals surface area (Å²) in [5.74, 6) is -0.167. The maximum atomic E-state index is 12.3. The highest BCUT2D eigenvalue weighted by atomic mass is 16.3. The number of amides is 1. The van der Waals surface area contributed by atoms with Crippen LogP contribution in [0.25, 0.3) is 0 Å². The topological polar surface area (TPSA) is 54.3 Å². The number of aliphatic hydroxyl groups is 1. The first-order chi connectivity index (χ1) is 9.13. The monoisotopic (exact) mass is 258 g/mol. The molecule has 0 radical (unpaired) electrons. The minimum absolute atomic E-state index is 0.0956. The summed E-state index contributed by atoms with van der Waals surface area (Å²) in [6.45, 7) is 3.96. The molecular weight excluding hydrogens is 240 g/mol. The van der Waals surface area contributed by atoms with Crippen LogP contribution in [0.4, 0.5) is 5.69 Å². The Bertz CT molecular complexity index is 573. The van der Waals surface area contributed by atoms with Crippen LogP contribution in [0.15, 0.2) is 42.6 Å². The number of para-hydroxylation sites is 1. The van der Waals surface area contributed by atoms with Crippen molar-refractivity contribution in [2.75, 3.05) is 5.32 Å². The largest absolute Gasteiger partial charge is 0.392 e. The second-order valence-electron chi connectivity index (χ2n) is 4.66. The van der Waals surface area contributed by atoms with E-state index in [-0.39, 0.29) is 18.6 Å². The number of rotatable bonds is 4. The number of carbonyl (C=O) groups is 1. The highest BCUT2D eigenvalue weighted by Gasteiger charge is 2.13. The molecule has 0 aliphatic carbocycles. The quantitative estimate of drug-likeness (QED) is 0.886. The van der Waals surface area contributed by atoms with Crippen LogP contribution in [-0.2, 0) is 6.61 Å². The van der Waals surface area contributed by atoms with Gasteiger partial charge in [-0.15, -0.1) is 0 Å². The molecule has 100 valence electrons. The lowest BCUT2D eigenvalue weighted by molar-refractivity contribution is 0.101. The molecule has 2 N–H and O–H groups in total. The van der Waals surface area contributed by atoms with E-state index in [0.29, 0.717) is 16.9 Å². The van der Waals surface area contributed by atoms with Crippen LogP contribution in [-0.4, -0.2) is 15.6 Å². The van der Waals surface area contributed by atoms with Gasteiger partial charge in [-0.3, -0.25) is 4.79 Å². The van der Waals surface area contributed by atoms with Gasteiger partial charge in [0.1, 0.15) is 5.69 Å². The number of nitrogens with one attached hydrogen (secondary N) is 1. The molecule has 0 spiro atoms. The van der Waals surface area contributed by atoms with E-state index in [1.165, 1.54) is 0 Å². The van der Waals surface area contributed by atoms with E-state index in [1.807, 2.05) is 42.8 Å². The Kier molecular flexibility index (Phi) is 4.02. The second kappa shape index (κ2) is 5.71. The number of aliphatic hydroxyl groups excluding tert-OH is 1. The van der Waals surface area contributed by atoms with Gasteiger partial charge < -0.3 is 15.0 Å². The highest BCUT2D eigenvalue weighted by molar-refractivity contribution is 6.03. The van der Waals surface area contributed by atoms with Crippen LogP contribution in [0.1, 0.15) is 35.9 Å². The van der Waals surface area contributed by atoms with Crippen LogP contribution in [0.5, 0.6) is 0 Å². The number of benzene rings is 1. The third kappa shape index (κ3) is 2.85. The molecule has 1 aromatic heterocycles. The van der Waals surface area contributed by atoms with Crippen molar-refractivity contribution in [3.63, 3.8) is 0 Å². The Morgan fingerprint density at radius 1 is 1.26 bits per heavy atom. The summed E-state index contributed by atoms with van der Waals surface area (Å²) in [5.41, 5.74) is 1.97. The molecule has 0 fully saturated rings. The van der Waals surface area contributed by atoms with Gasteiger partial charge in [-0.25, -0.2) is 0 Å². The number of carbonyl (C=O) groups excluding carboxylic acids is 1. The number of anilines is 1. The Labute approximate surface area is 112 Å². The van der Waals surface area contributed by atoms with E-state index in [2.05, 4.69) is 5.32 Å². The molecule has 0 unspecified atom stereocenters. The van der Waals surface area contributed by atoms with Crippen molar-refractivity contribution in [3.05, 3.63) is 53.9 Å². The van der Waals surface area contributed by atoms with Gasteiger partial charge in [-0.05, 0) is 32.0 Å². The van der Waals surface area contributed by atoms with Crippen LogP contribution in [0.2, 0.25) is 0 Å². The molecule has 0 bridgehead atoms. The van der Waals surface area contributed by atoms with Crippen LogP contribution < -0.4 is 5.32 Å². The van der Waals surface area contributed by atoms with Gasteiger partial charge in [0.05, 0.1) is 6.61 Å². The van der Waals surface area contributed by atoms with Gasteiger partial charge in [0.15, 0.2) is 0 Å². The Morgan fingerprint density at radius 3 is 2.68 bits per heavy atom. The molecule has 4 nitrogen and oxygen atoms in total. The fourth-order valence-electron chi connectivity index (χ4n) is 2.00. The number of hydrogen-bond acceptors (Lipinski definition) is 2. The molecule has 1 amide bonds. The average Bonchev–Trinajstić information content (AvgIpc) is 2.88. The number of nitrogens with zero attached hydrogens (tertiary/aromatic N) is 1. The third-order valence-corrected chi connectivity index (χ3v) is 3.00. The van der Waals surface area contributed by atoms with Gasteiger partial charge in [-0.1, -0.05) is 18.2 Å². The normalized spacial score (nSPS) is 10.7. The van der Waals surface area contributed by atoms with Gasteiger partial charge in [0.25, 0.3) is 5.91 Å². The SMILES string of the molecule is CC(C)n1cccc1C(=O)Nc1ccccc1CO. The first-order valence-corrected chi connectivity index (χ1v) is 6.30. The molecule has 1 aromatic carbocycles. The van der Waals surface area contributed by atoms with Crippen LogP contribution >= 0.6 is 0 Å². The van der Waals surface area contributed by atoms with E-state index < -0.39 is 0 Å². The second-order valence-corrected chi connectivity index (χ2v) is 4.66. The van der Waals surface area contributed by atoms with Crippen molar-refractivity contribution in [2.24, 2.45) is 0 Å². The number of aromatic nitrogens is 1. The molecule has 0 aliphatic rings. The lowest BCUT2D eigenvalue weighted by atomic mass is 10.2. The van der Waals surface area contributed by atoms with E-state index in [4.69, 9.17) is 0 Å². The van der Waals surface area contributed by atoms with Crippen molar-refractivity contribution in [1.29, 1.82) is 0 Å². The van der Waals surface area contributed by atoms with Crippen molar-refractivity contribution in [2.45, 2.75) is 26.5 Å². The summed E-state index contributed by atoms with van der Waals surface area (Å²) in [7, 11) is 0. The molecular formula is C15H18N2O2. The average molecular weight is 258 g/mol. The van der Waals surface area contributed by atoms with Crippen molar-refractivity contribution >= 4 is 11.6 Å². The van der Waals surface area contributed by atoms with Gasteiger partial charge >= 0.3 is 0 Å². The third-order valence-electron chi connectivity index (χ3n) is 3.00. The summed E-state index contributed by atoms with van der Waals surface area (Å²) in [6, 6.07) is 11.1. The van der Waals surface area contributed by atoms with Crippen LogP contribution in [0.3, 0.4) is 0 Å². The lowest BCUT2D eigenvalue weighted by Crippen LogP contribution is -2.18. The number of hydrogen-bond donors (Lipinski definition) is 2. The van der Waals surface area contributed by atoms with Crippen molar-refractivity contribution in [1.82, 2.24) is 4.57 Å². The molecule has 0 aliphatic heterocycles. The summed E-state index contributed by atoms with van der Waals surface area (Å²) in [6.07, 6.45) is 1.89. The molecule has 4 heteroatoms. The summed E-state index contributed by atoms with van der Waals surface area (Å²) in [4.78, 5) is 12.3. The zero-order valence-electron chi connectivity index (χ0n) is 11.1. The molecule has 2 aromatic rings. The molecule has 2 rings (SSSR count). The summed E-state index contributed by atoms with van der Waals surface area (Å²) >= 11 is 0. The van der Waals surface area contributed by atoms with Crippen LogP contribution in [0, 0.1) is 0 Å². The van der Waals surface area contributed by atoms with E-state index >= 15 is 0 Å². The predicted molar refractivity (Wildman–Crippen MR) is 75.1 cm³/mol. The molecule has 0 saturated heterocycles. The highest BCUT2D eigenvalue weighted by Crippen LogP contribution is 2.17. The maximum Gasteiger partial charge on any atom is 0.272 e. The van der Waals surface area contributed by atoms with E-state index in [9.17, 15) is 9.90 Å². The summed E-state index contributed by atoms with van der Waals surface area (Å²) < 4.78 is 1.91. The smallest absolute Gasteiger partial charge is 0.272 e. The Balaban J connectivity index is 2.23. The van der Waals surface area contributed by atoms with E-state index in [0.717, 1.165) is 0 Å².